The maximum absolute atomic E-state index is 13.4. The van der Waals surface area contributed by atoms with Crippen LogP contribution in [0.3, 0.4) is 0 Å². The summed E-state index contributed by atoms with van der Waals surface area (Å²) in [5.74, 6) is 0.508. The highest BCUT2D eigenvalue weighted by Crippen LogP contribution is 2.42. The van der Waals surface area contributed by atoms with Crippen LogP contribution in [0.2, 0.25) is 0 Å². The summed E-state index contributed by atoms with van der Waals surface area (Å²) in [7, 11) is 1.58. The van der Waals surface area contributed by atoms with Crippen molar-refractivity contribution >= 4 is 17.3 Å². The number of Topliss-reactive ketones (excluding diaryl/α,β-unsaturated/α-hetero) is 2. The lowest BCUT2D eigenvalue weighted by Gasteiger charge is -2.28. The molecule has 3 aromatic rings. The topological polar surface area (TPSA) is 55.4 Å². The first-order valence-corrected chi connectivity index (χ1v) is 8.79. The third-order valence-corrected chi connectivity index (χ3v) is 5.01. The lowest BCUT2D eigenvalue weighted by atomic mass is 9.80. The van der Waals surface area contributed by atoms with Gasteiger partial charge in [-0.15, -0.1) is 0 Å². The van der Waals surface area contributed by atoms with E-state index < -0.39 is 5.54 Å². The first kappa shape index (κ1) is 17.0. The van der Waals surface area contributed by atoms with Crippen LogP contribution in [0.15, 0.2) is 78.9 Å². The molecule has 0 aromatic heterocycles. The Bertz CT molecular complexity index is 996. The van der Waals surface area contributed by atoms with Crippen molar-refractivity contribution in [3.8, 4) is 5.75 Å². The number of hydrogen-bond acceptors (Lipinski definition) is 4. The van der Waals surface area contributed by atoms with E-state index in [1.54, 1.807) is 37.4 Å². The Kier molecular flexibility index (Phi) is 4.24. The molecule has 0 spiro atoms. The molecule has 4 nitrogen and oxygen atoms in total. The third-order valence-electron chi connectivity index (χ3n) is 5.01. The Labute approximate surface area is 157 Å². The maximum Gasteiger partial charge on any atom is 0.195 e. The number of carbonyl (C=O) groups excluding carboxylic acids is 2. The molecular formula is C23H19NO3. The zero-order valence-corrected chi connectivity index (χ0v) is 14.9. The van der Waals surface area contributed by atoms with Crippen LogP contribution >= 0.6 is 0 Å². The van der Waals surface area contributed by atoms with Crippen molar-refractivity contribution in [2.75, 3.05) is 12.4 Å². The van der Waals surface area contributed by atoms with E-state index in [1.165, 1.54) is 0 Å². The van der Waals surface area contributed by atoms with E-state index in [0.717, 1.165) is 11.3 Å². The number of anilines is 1. The summed E-state index contributed by atoms with van der Waals surface area (Å²) in [6.45, 7) is 0. The Morgan fingerprint density at radius 1 is 0.926 bits per heavy atom. The van der Waals surface area contributed by atoms with Gasteiger partial charge in [-0.3, -0.25) is 9.59 Å². The predicted octanol–water partition coefficient (Wildman–Crippen LogP) is 4.47. The van der Waals surface area contributed by atoms with Gasteiger partial charge >= 0.3 is 0 Å². The molecule has 0 saturated carbocycles. The monoisotopic (exact) mass is 357 g/mol. The Morgan fingerprint density at radius 3 is 2.26 bits per heavy atom. The molecule has 134 valence electrons. The van der Waals surface area contributed by atoms with Crippen molar-refractivity contribution in [1.29, 1.82) is 0 Å². The lowest BCUT2D eigenvalue weighted by molar-refractivity contribution is 0.0846. The van der Waals surface area contributed by atoms with Crippen molar-refractivity contribution in [2.45, 2.75) is 12.0 Å². The molecule has 0 saturated heterocycles. The smallest absolute Gasteiger partial charge is 0.195 e. The first-order valence-electron chi connectivity index (χ1n) is 8.79. The Hall–Kier alpha value is -3.40. The molecule has 1 atom stereocenters. The number of carbonyl (C=O) groups is 2. The molecule has 0 amide bonds. The average molecular weight is 357 g/mol. The average Bonchev–Trinajstić information content (AvgIpc) is 3.01. The Morgan fingerprint density at radius 2 is 1.59 bits per heavy atom. The number of hydrogen-bond donors (Lipinski definition) is 1. The van der Waals surface area contributed by atoms with Crippen LogP contribution in [-0.4, -0.2) is 18.7 Å². The fourth-order valence-corrected chi connectivity index (χ4v) is 3.58. The van der Waals surface area contributed by atoms with E-state index in [4.69, 9.17) is 4.74 Å². The minimum atomic E-state index is -1.10. The molecular weight excluding hydrogens is 338 g/mol. The summed E-state index contributed by atoms with van der Waals surface area (Å²) in [4.78, 5) is 26.4. The highest BCUT2D eigenvalue weighted by molar-refractivity contribution is 6.16. The quantitative estimate of drug-likeness (QED) is 0.685. The molecule has 1 heterocycles. The summed E-state index contributed by atoms with van der Waals surface area (Å²) in [5, 5.41) is 3.34. The van der Waals surface area contributed by atoms with Crippen LogP contribution in [0.4, 0.5) is 5.69 Å². The molecule has 4 heteroatoms. The number of para-hydroxylation sites is 1. The van der Waals surface area contributed by atoms with E-state index in [1.807, 2.05) is 48.5 Å². The van der Waals surface area contributed by atoms with Crippen LogP contribution in [0.5, 0.6) is 5.75 Å². The minimum Gasteiger partial charge on any atom is -0.497 e. The molecule has 1 aliphatic heterocycles. The van der Waals surface area contributed by atoms with Crippen molar-refractivity contribution in [2.24, 2.45) is 0 Å². The van der Waals surface area contributed by atoms with Crippen molar-refractivity contribution in [1.82, 2.24) is 0 Å². The SMILES string of the molecule is COc1ccc(C(=O)CC2(c3ccccc3)Nc3ccccc3C2=O)cc1. The number of benzene rings is 3. The molecule has 0 bridgehead atoms. The molecule has 1 N–H and O–H groups in total. The molecule has 1 unspecified atom stereocenters. The van der Waals surface area contributed by atoms with Crippen LogP contribution in [0, 0.1) is 0 Å². The van der Waals surface area contributed by atoms with Crippen LogP contribution in [0.25, 0.3) is 0 Å². The van der Waals surface area contributed by atoms with E-state index in [-0.39, 0.29) is 18.0 Å². The van der Waals surface area contributed by atoms with Crippen LogP contribution in [0.1, 0.15) is 32.7 Å². The highest BCUT2D eigenvalue weighted by atomic mass is 16.5. The second-order valence-corrected chi connectivity index (χ2v) is 6.60. The maximum atomic E-state index is 13.4. The van der Waals surface area contributed by atoms with Gasteiger partial charge in [-0.25, -0.2) is 0 Å². The van der Waals surface area contributed by atoms with Gasteiger partial charge in [0, 0.05) is 23.2 Å². The van der Waals surface area contributed by atoms with Gasteiger partial charge < -0.3 is 10.1 Å². The van der Waals surface area contributed by atoms with E-state index in [2.05, 4.69) is 5.32 Å². The van der Waals surface area contributed by atoms with Crippen molar-refractivity contribution in [3.63, 3.8) is 0 Å². The van der Waals surface area contributed by atoms with Crippen molar-refractivity contribution < 1.29 is 14.3 Å². The fraction of sp³-hybridized carbons (Fsp3) is 0.130. The number of rotatable bonds is 5. The molecule has 0 aliphatic carbocycles. The van der Waals surface area contributed by atoms with E-state index in [9.17, 15) is 9.59 Å². The number of methoxy groups -OCH3 is 1. The molecule has 27 heavy (non-hydrogen) atoms. The summed E-state index contributed by atoms with van der Waals surface area (Å²) in [5.41, 5.74) is 1.62. The van der Waals surface area contributed by atoms with Gasteiger partial charge in [-0.1, -0.05) is 42.5 Å². The lowest BCUT2D eigenvalue weighted by Crippen LogP contribution is -2.40. The number of fused-ring (bicyclic) bond motifs is 1. The zero-order valence-electron chi connectivity index (χ0n) is 14.9. The second kappa shape index (κ2) is 6.72. The second-order valence-electron chi connectivity index (χ2n) is 6.60. The normalized spacial score (nSPS) is 17.9. The molecule has 4 rings (SSSR count). The van der Waals surface area contributed by atoms with Crippen LogP contribution < -0.4 is 10.1 Å². The van der Waals surface area contributed by atoms with Gasteiger partial charge in [0.1, 0.15) is 11.3 Å². The molecule has 0 radical (unpaired) electrons. The summed E-state index contributed by atoms with van der Waals surface area (Å²) < 4.78 is 5.15. The molecule has 1 aliphatic rings. The van der Waals surface area contributed by atoms with Crippen LogP contribution in [-0.2, 0) is 5.54 Å². The third kappa shape index (κ3) is 2.89. The predicted molar refractivity (Wildman–Crippen MR) is 104 cm³/mol. The minimum absolute atomic E-state index is 0.0385. The largest absolute Gasteiger partial charge is 0.497 e. The summed E-state index contributed by atoms with van der Waals surface area (Å²) >= 11 is 0. The number of ketones is 2. The fourth-order valence-electron chi connectivity index (χ4n) is 3.58. The van der Waals surface area contributed by atoms with Gasteiger partial charge in [-0.2, -0.15) is 0 Å². The summed E-state index contributed by atoms with van der Waals surface area (Å²) in [6.07, 6.45) is 0.0385. The Balaban J connectivity index is 1.74. The van der Waals surface area contributed by atoms with Gasteiger partial charge in [0.2, 0.25) is 0 Å². The van der Waals surface area contributed by atoms with Crippen molar-refractivity contribution in [3.05, 3.63) is 95.6 Å². The standard InChI is InChI=1S/C23H19NO3/c1-27-18-13-11-16(12-14-18)21(25)15-23(17-7-3-2-4-8-17)22(26)19-9-5-6-10-20(19)24-23/h2-14,24H,15H2,1H3. The van der Waals surface area contributed by atoms with E-state index >= 15 is 0 Å². The number of nitrogens with one attached hydrogen (secondary N) is 1. The molecule has 0 fully saturated rings. The number of ether oxygens (including phenoxy) is 1. The molecule has 3 aromatic carbocycles. The van der Waals surface area contributed by atoms with E-state index in [0.29, 0.717) is 16.9 Å². The van der Waals surface area contributed by atoms with Gasteiger partial charge in [0.25, 0.3) is 0 Å². The van der Waals surface area contributed by atoms with Gasteiger partial charge in [0.05, 0.1) is 7.11 Å². The highest BCUT2D eigenvalue weighted by Gasteiger charge is 2.47. The van der Waals surface area contributed by atoms with Gasteiger partial charge in [-0.05, 0) is 42.0 Å². The summed E-state index contributed by atoms with van der Waals surface area (Å²) in [6, 6.07) is 23.8. The van der Waals surface area contributed by atoms with Gasteiger partial charge in [0.15, 0.2) is 11.6 Å². The zero-order chi connectivity index (χ0) is 18.9. The first-order chi connectivity index (χ1) is 13.1.